The molecule has 0 saturated carbocycles. The molecule has 37 heavy (non-hydrogen) atoms. The van der Waals surface area contributed by atoms with Gasteiger partial charge in [0.15, 0.2) is 0 Å². The number of nitro benzene ring substituents is 1. The Morgan fingerprint density at radius 3 is 2.51 bits per heavy atom. The first-order valence-electron chi connectivity index (χ1n) is 12.5. The molecule has 0 aliphatic carbocycles. The van der Waals surface area contributed by atoms with Crippen LogP contribution in [-0.2, 0) is 0 Å². The quantitative estimate of drug-likeness (QED) is 0.377. The molecule has 3 heterocycles. The van der Waals surface area contributed by atoms with Crippen LogP contribution in [0.25, 0.3) is 0 Å². The van der Waals surface area contributed by atoms with Crippen molar-refractivity contribution in [3.8, 4) is 0 Å². The Hall–Kier alpha value is -3.21. The summed E-state index contributed by atoms with van der Waals surface area (Å²) in [5, 5.41) is 18.3. The largest absolute Gasteiger partial charge is 0.387 e. The van der Waals surface area contributed by atoms with E-state index in [1.807, 2.05) is 0 Å². The molecule has 11 heteroatoms. The maximum atomic E-state index is 13.6. The molecule has 2 aliphatic heterocycles. The smallest absolute Gasteiger partial charge is 0.294 e. The molecule has 2 aliphatic rings. The van der Waals surface area contributed by atoms with E-state index in [4.69, 9.17) is 0 Å². The van der Waals surface area contributed by atoms with E-state index >= 15 is 0 Å². The van der Waals surface area contributed by atoms with Gasteiger partial charge in [0.25, 0.3) is 17.5 Å². The van der Waals surface area contributed by atoms with Gasteiger partial charge < -0.3 is 20.4 Å². The topological polar surface area (TPSA) is 121 Å². The molecule has 0 unspecified atom stereocenters. The number of likely N-dealkylation sites (tertiary alicyclic amines) is 2. The summed E-state index contributed by atoms with van der Waals surface area (Å²) >= 11 is 3.35. The second-order valence-electron chi connectivity index (χ2n) is 10.5. The van der Waals surface area contributed by atoms with Gasteiger partial charge in [0.05, 0.1) is 21.7 Å². The van der Waals surface area contributed by atoms with Gasteiger partial charge in [-0.3, -0.25) is 24.7 Å². The minimum atomic E-state index is -0.468. The van der Waals surface area contributed by atoms with Gasteiger partial charge in [-0.25, -0.2) is 0 Å². The van der Waals surface area contributed by atoms with Crippen LogP contribution in [0.3, 0.4) is 0 Å². The lowest BCUT2D eigenvalue weighted by Crippen LogP contribution is -2.45. The van der Waals surface area contributed by atoms with Crippen LogP contribution < -0.4 is 10.6 Å². The van der Waals surface area contributed by atoms with Crippen LogP contribution in [0.15, 0.2) is 35.1 Å². The van der Waals surface area contributed by atoms with E-state index in [2.05, 4.69) is 45.4 Å². The molecule has 2 amide bonds. The number of amides is 2. The standard InChI is InChI=1S/C26H33BrN6O4/c1-26(2)6-9-31(10-7-26)25(35)21-12-18(27)13-22(33(36)37)23(21)30-19-5-4-8-32(16-19)24(34)17-11-20(28-3)15-29-14-17/h11-15,19,28,30H,4-10,16H2,1-3H3/t19-/m1/s1. The van der Waals surface area contributed by atoms with E-state index < -0.39 is 4.92 Å². The molecule has 1 atom stereocenters. The van der Waals surface area contributed by atoms with Crippen molar-refractivity contribution in [3.63, 3.8) is 0 Å². The van der Waals surface area contributed by atoms with Crippen LogP contribution in [0.5, 0.6) is 0 Å². The lowest BCUT2D eigenvalue weighted by atomic mass is 9.82. The third kappa shape index (κ3) is 6.20. The Morgan fingerprint density at radius 2 is 1.84 bits per heavy atom. The van der Waals surface area contributed by atoms with Crippen LogP contribution in [0, 0.1) is 15.5 Å². The SMILES string of the molecule is CNc1cncc(C(=O)N2CCC[C@@H](Nc3c(C(=O)N4CCC(C)(C)CC4)cc(Br)cc3[N+](=O)[O-])C2)c1. The van der Waals surface area contributed by atoms with E-state index in [9.17, 15) is 19.7 Å². The summed E-state index contributed by atoms with van der Waals surface area (Å²) in [4.78, 5) is 45.9. The maximum Gasteiger partial charge on any atom is 0.294 e. The number of aromatic nitrogens is 1. The minimum absolute atomic E-state index is 0.145. The molecule has 10 nitrogen and oxygen atoms in total. The van der Waals surface area contributed by atoms with Gasteiger partial charge in [-0.15, -0.1) is 0 Å². The van der Waals surface area contributed by atoms with Gasteiger partial charge in [0, 0.05) is 62.2 Å². The number of piperidine rings is 2. The van der Waals surface area contributed by atoms with E-state index in [1.54, 1.807) is 35.2 Å². The summed E-state index contributed by atoms with van der Waals surface area (Å²) in [6.07, 6.45) is 6.39. The molecule has 198 valence electrons. The predicted molar refractivity (Wildman–Crippen MR) is 146 cm³/mol. The van der Waals surface area contributed by atoms with Crippen molar-refractivity contribution >= 4 is 44.8 Å². The highest BCUT2D eigenvalue weighted by Crippen LogP contribution is 2.36. The fourth-order valence-electron chi connectivity index (χ4n) is 4.90. The Morgan fingerprint density at radius 1 is 1.11 bits per heavy atom. The highest BCUT2D eigenvalue weighted by Gasteiger charge is 2.33. The van der Waals surface area contributed by atoms with Crippen molar-refractivity contribution < 1.29 is 14.5 Å². The van der Waals surface area contributed by atoms with E-state index in [-0.39, 0.29) is 40.2 Å². The summed E-state index contributed by atoms with van der Waals surface area (Å²) in [5.41, 5.74) is 1.71. The number of carbonyl (C=O) groups is 2. The zero-order valence-electron chi connectivity index (χ0n) is 21.4. The number of anilines is 2. The predicted octanol–water partition coefficient (Wildman–Crippen LogP) is 4.77. The minimum Gasteiger partial charge on any atom is -0.387 e. The normalized spacial score (nSPS) is 19.3. The highest BCUT2D eigenvalue weighted by molar-refractivity contribution is 9.10. The average molecular weight is 573 g/mol. The number of carbonyl (C=O) groups excluding carboxylic acids is 2. The first-order chi connectivity index (χ1) is 17.6. The molecule has 1 aromatic carbocycles. The van der Waals surface area contributed by atoms with Gasteiger partial charge in [-0.05, 0) is 43.2 Å². The summed E-state index contributed by atoms with van der Waals surface area (Å²) in [5.74, 6) is -0.366. The third-order valence-electron chi connectivity index (χ3n) is 7.24. The summed E-state index contributed by atoms with van der Waals surface area (Å²) in [7, 11) is 1.76. The van der Waals surface area contributed by atoms with Crippen LogP contribution in [0.1, 0.15) is 60.2 Å². The van der Waals surface area contributed by atoms with Crippen molar-refractivity contribution in [2.75, 3.05) is 43.9 Å². The second-order valence-corrected chi connectivity index (χ2v) is 11.4. The van der Waals surface area contributed by atoms with Gasteiger partial charge >= 0.3 is 0 Å². The highest BCUT2D eigenvalue weighted by atomic mass is 79.9. The number of nitrogens with zero attached hydrogens (tertiary/aromatic N) is 4. The molecule has 0 radical (unpaired) electrons. The molecule has 4 rings (SSSR count). The van der Waals surface area contributed by atoms with Gasteiger partial charge in [-0.2, -0.15) is 0 Å². The van der Waals surface area contributed by atoms with E-state index in [1.165, 1.54) is 12.3 Å². The zero-order chi connectivity index (χ0) is 26.7. The van der Waals surface area contributed by atoms with Crippen molar-refractivity contribution in [2.45, 2.75) is 45.6 Å². The molecule has 0 spiro atoms. The zero-order valence-corrected chi connectivity index (χ0v) is 23.0. The molecular formula is C26H33BrN6O4. The fraction of sp³-hybridized carbons (Fsp3) is 0.500. The molecule has 2 fully saturated rings. The van der Waals surface area contributed by atoms with Gasteiger partial charge in [0.2, 0.25) is 0 Å². The Balaban J connectivity index is 1.58. The number of halogens is 1. The van der Waals surface area contributed by atoms with Crippen LogP contribution in [0.4, 0.5) is 17.1 Å². The van der Waals surface area contributed by atoms with E-state index in [0.717, 1.165) is 31.4 Å². The number of pyridine rings is 1. The van der Waals surface area contributed by atoms with Crippen molar-refractivity contribution in [3.05, 3.63) is 56.3 Å². The second kappa shape index (κ2) is 11.0. The molecule has 0 bridgehead atoms. The van der Waals surface area contributed by atoms with Crippen molar-refractivity contribution in [2.24, 2.45) is 5.41 Å². The van der Waals surface area contributed by atoms with Crippen LogP contribution in [-0.4, -0.2) is 70.8 Å². The Labute approximate surface area is 225 Å². The average Bonchev–Trinajstić information content (AvgIpc) is 2.88. The van der Waals surface area contributed by atoms with Crippen LogP contribution >= 0.6 is 15.9 Å². The first kappa shape index (κ1) is 26.8. The first-order valence-corrected chi connectivity index (χ1v) is 13.3. The van der Waals surface area contributed by atoms with Gasteiger partial charge in [-0.1, -0.05) is 29.8 Å². The fourth-order valence-corrected chi connectivity index (χ4v) is 5.35. The number of rotatable bonds is 6. The number of hydrogen-bond donors (Lipinski definition) is 2. The summed E-state index contributed by atoms with van der Waals surface area (Å²) < 4.78 is 0.475. The molecular weight excluding hydrogens is 540 g/mol. The lowest BCUT2D eigenvalue weighted by molar-refractivity contribution is -0.384. The number of benzene rings is 1. The summed E-state index contributed by atoms with van der Waals surface area (Å²) in [6.45, 7) is 6.54. The third-order valence-corrected chi connectivity index (χ3v) is 7.70. The number of hydrogen-bond acceptors (Lipinski definition) is 7. The molecule has 2 N–H and O–H groups in total. The monoisotopic (exact) mass is 572 g/mol. The Bertz CT molecular complexity index is 1190. The molecule has 2 saturated heterocycles. The summed E-state index contributed by atoms with van der Waals surface area (Å²) in [6, 6.07) is 4.57. The van der Waals surface area contributed by atoms with Crippen molar-refractivity contribution in [1.29, 1.82) is 0 Å². The van der Waals surface area contributed by atoms with Crippen molar-refractivity contribution in [1.82, 2.24) is 14.8 Å². The maximum absolute atomic E-state index is 13.6. The van der Waals surface area contributed by atoms with Crippen LogP contribution in [0.2, 0.25) is 0 Å². The Kier molecular flexibility index (Phi) is 8.01. The molecule has 1 aromatic heterocycles. The van der Waals surface area contributed by atoms with Gasteiger partial charge in [0.1, 0.15) is 5.69 Å². The molecule has 2 aromatic rings. The van der Waals surface area contributed by atoms with E-state index in [0.29, 0.717) is 36.2 Å². The number of nitro groups is 1. The lowest BCUT2D eigenvalue weighted by Gasteiger charge is -2.37. The number of nitrogens with one attached hydrogen (secondary N) is 2.